The van der Waals surface area contributed by atoms with Gasteiger partial charge in [-0.2, -0.15) is 11.8 Å². The van der Waals surface area contributed by atoms with Crippen LogP contribution in [0.3, 0.4) is 0 Å². The summed E-state index contributed by atoms with van der Waals surface area (Å²) in [5.74, 6) is 1.24. The Hall–Kier alpha value is -0.610. The molecule has 0 saturated carbocycles. The molecule has 1 aromatic carbocycles. The fraction of sp³-hybridized carbons (Fsp3) is 0.300. The second-order valence-corrected chi connectivity index (χ2v) is 4.83. The molecule has 0 aliphatic rings. The predicted molar refractivity (Wildman–Crippen MR) is 62.5 cm³/mol. The summed E-state index contributed by atoms with van der Waals surface area (Å²) in [6.07, 6.45) is 2.06. The Morgan fingerprint density at radius 1 is 1.43 bits per heavy atom. The summed E-state index contributed by atoms with van der Waals surface area (Å²) < 4.78 is 0. The van der Waals surface area contributed by atoms with Crippen molar-refractivity contribution in [1.29, 1.82) is 0 Å². The zero-order valence-corrected chi connectivity index (χ0v) is 9.53. The van der Waals surface area contributed by atoms with E-state index >= 15 is 0 Å². The first-order valence-corrected chi connectivity index (χ1v) is 6.57. The molecule has 1 N–H and O–H groups in total. The maximum absolute atomic E-state index is 10.7. The summed E-state index contributed by atoms with van der Waals surface area (Å²) >= 11 is 3.49. The van der Waals surface area contributed by atoms with Crippen LogP contribution < -0.4 is 0 Å². The fourth-order valence-electron chi connectivity index (χ4n) is 0.962. The van der Waals surface area contributed by atoms with Crippen molar-refractivity contribution in [3.8, 4) is 0 Å². The van der Waals surface area contributed by atoms with Gasteiger partial charge in [-0.25, -0.2) is 4.79 Å². The van der Waals surface area contributed by atoms with E-state index in [1.165, 1.54) is 0 Å². The zero-order valence-electron chi connectivity index (χ0n) is 7.90. The Balaban J connectivity index is 2.59. The summed E-state index contributed by atoms with van der Waals surface area (Å²) in [4.78, 5) is 11.7. The summed E-state index contributed by atoms with van der Waals surface area (Å²) in [5.41, 5.74) is 0.360. The van der Waals surface area contributed by atoms with Crippen LogP contribution in [0, 0.1) is 0 Å². The van der Waals surface area contributed by atoms with E-state index in [-0.39, 0.29) is 0 Å². The molecule has 0 bridgehead atoms. The van der Waals surface area contributed by atoms with Crippen LogP contribution in [0.15, 0.2) is 29.2 Å². The highest BCUT2D eigenvalue weighted by molar-refractivity contribution is 8.02. The molecule has 0 aliphatic carbocycles. The molecule has 0 atom stereocenters. The highest BCUT2D eigenvalue weighted by Gasteiger charge is 2.02. The molecular weight excluding hydrogens is 216 g/mol. The van der Waals surface area contributed by atoms with Gasteiger partial charge in [-0.15, -0.1) is 11.8 Å². The highest BCUT2D eigenvalue weighted by atomic mass is 32.2. The lowest BCUT2D eigenvalue weighted by Gasteiger charge is -2.01. The van der Waals surface area contributed by atoms with E-state index in [1.807, 2.05) is 6.07 Å². The van der Waals surface area contributed by atoms with Crippen molar-refractivity contribution in [2.24, 2.45) is 0 Å². The van der Waals surface area contributed by atoms with Gasteiger partial charge in [0.2, 0.25) is 0 Å². The second-order valence-electron chi connectivity index (χ2n) is 2.67. The fourth-order valence-corrected chi connectivity index (χ4v) is 2.58. The van der Waals surface area contributed by atoms with Crippen molar-refractivity contribution in [2.75, 3.05) is 17.8 Å². The van der Waals surface area contributed by atoms with Gasteiger partial charge in [-0.05, 0) is 24.5 Å². The number of carboxylic acid groups (broad SMARTS) is 1. The SMILES string of the molecule is CSCCSc1cccc(C(=O)O)c1. The summed E-state index contributed by atoms with van der Waals surface area (Å²) in [7, 11) is 0. The van der Waals surface area contributed by atoms with E-state index in [0.717, 1.165) is 16.4 Å². The number of thioether (sulfide) groups is 2. The molecule has 4 heteroatoms. The Morgan fingerprint density at radius 2 is 2.21 bits per heavy atom. The lowest BCUT2D eigenvalue weighted by Crippen LogP contribution is -1.95. The van der Waals surface area contributed by atoms with Gasteiger partial charge >= 0.3 is 5.97 Å². The van der Waals surface area contributed by atoms with Crippen LogP contribution in [0.25, 0.3) is 0 Å². The summed E-state index contributed by atoms with van der Waals surface area (Å²) in [5, 5.41) is 8.77. The van der Waals surface area contributed by atoms with Crippen LogP contribution in [0.2, 0.25) is 0 Å². The second kappa shape index (κ2) is 5.98. The number of rotatable bonds is 5. The van der Waals surface area contributed by atoms with Crippen LogP contribution in [0.1, 0.15) is 10.4 Å². The molecule has 76 valence electrons. The van der Waals surface area contributed by atoms with Crippen molar-refractivity contribution in [1.82, 2.24) is 0 Å². The van der Waals surface area contributed by atoms with Crippen molar-refractivity contribution >= 4 is 29.5 Å². The molecule has 0 radical (unpaired) electrons. The molecule has 1 aromatic rings. The molecule has 0 unspecified atom stereocenters. The quantitative estimate of drug-likeness (QED) is 0.621. The minimum Gasteiger partial charge on any atom is -0.478 e. The minimum atomic E-state index is -0.864. The molecule has 0 amide bonds. The molecular formula is C10H12O2S2. The van der Waals surface area contributed by atoms with E-state index < -0.39 is 5.97 Å². The average molecular weight is 228 g/mol. The van der Waals surface area contributed by atoms with Crippen molar-refractivity contribution in [2.45, 2.75) is 4.90 Å². The smallest absolute Gasteiger partial charge is 0.335 e. The number of aromatic carboxylic acids is 1. The molecule has 0 spiro atoms. The maximum atomic E-state index is 10.7. The third kappa shape index (κ3) is 3.64. The lowest BCUT2D eigenvalue weighted by atomic mass is 10.2. The van der Waals surface area contributed by atoms with Crippen molar-refractivity contribution < 1.29 is 9.90 Å². The Morgan fingerprint density at radius 3 is 2.86 bits per heavy atom. The van der Waals surface area contributed by atoms with Crippen LogP contribution in [0.4, 0.5) is 0 Å². The zero-order chi connectivity index (χ0) is 10.4. The molecule has 0 aliphatic heterocycles. The standard InChI is InChI=1S/C10H12O2S2/c1-13-5-6-14-9-4-2-3-8(7-9)10(11)12/h2-4,7H,5-6H2,1H3,(H,11,12). The van der Waals surface area contributed by atoms with Gasteiger partial charge in [-0.1, -0.05) is 6.07 Å². The lowest BCUT2D eigenvalue weighted by molar-refractivity contribution is 0.0696. The van der Waals surface area contributed by atoms with Gasteiger partial charge in [0, 0.05) is 16.4 Å². The van der Waals surface area contributed by atoms with Gasteiger partial charge < -0.3 is 5.11 Å². The number of carboxylic acids is 1. The largest absolute Gasteiger partial charge is 0.478 e. The summed E-state index contributed by atoms with van der Waals surface area (Å²) in [6.45, 7) is 0. The molecule has 0 fully saturated rings. The number of benzene rings is 1. The van der Waals surface area contributed by atoms with Crippen molar-refractivity contribution in [3.05, 3.63) is 29.8 Å². The molecule has 0 heterocycles. The van der Waals surface area contributed by atoms with Crippen LogP contribution >= 0.6 is 23.5 Å². The van der Waals surface area contributed by atoms with Crippen LogP contribution in [-0.4, -0.2) is 28.8 Å². The van der Waals surface area contributed by atoms with Gasteiger partial charge in [0.25, 0.3) is 0 Å². The molecule has 0 aromatic heterocycles. The first-order valence-electron chi connectivity index (χ1n) is 4.19. The minimum absolute atomic E-state index is 0.360. The van der Waals surface area contributed by atoms with E-state index in [4.69, 9.17) is 5.11 Å². The van der Waals surface area contributed by atoms with Gasteiger partial charge in [0.1, 0.15) is 0 Å². The van der Waals surface area contributed by atoms with Crippen LogP contribution in [0.5, 0.6) is 0 Å². The Labute approximate surface area is 92.1 Å². The molecule has 2 nitrogen and oxygen atoms in total. The van der Waals surface area contributed by atoms with Crippen molar-refractivity contribution in [3.63, 3.8) is 0 Å². The third-order valence-electron chi connectivity index (χ3n) is 1.64. The van der Waals surface area contributed by atoms with Crippen LogP contribution in [-0.2, 0) is 0 Å². The third-order valence-corrected chi connectivity index (χ3v) is 3.50. The highest BCUT2D eigenvalue weighted by Crippen LogP contribution is 2.19. The number of hydrogen-bond donors (Lipinski definition) is 1. The summed E-state index contributed by atoms with van der Waals surface area (Å²) in [6, 6.07) is 7.05. The van der Waals surface area contributed by atoms with E-state index in [9.17, 15) is 4.79 Å². The average Bonchev–Trinajstić information content (AvgIpc) is 2.19. The first kappa shape index (κ1) is 11.5. The first-order chi connectivity index (χ1) is 6.74. The monoisotopic (exact) mass is 228 g/mol. The van der Waals surface area contributed by atoms with Gasteiger partial charge in [-0.3, -0.25) is 0 Å². The molecule has 14 heavy (non-hydrogen) atoms. The topological polar surface area (TPSA) is 37.3 Å². The maximum Gasteiger partial charge on any atom is 0.335 e. The molecule has 0 saturated heterocycles. The number of carbonyl (C=O) groups is 1. The van der Waals surface area contributed by atoms with Gasteiger partial charge in [0.15, 0.2) is 0 Å². The van der Waals surface area contributed by atoms with Gasteiger partial charge in [0.05, 0.1) is 5.56 Å². The number of hydrogen-bond acceptors (Lipinski definition) is 3. The van der Waals surface area contributed by atoms with E-state index in [1.54, 1.807) is 41.7 Å². The normalized spacial score (nSPS) is 10.1. The Kier molecular flexibility index (Phi) is 4.90. The van der Waals surface area contributed by atoms with E-state index in [0.29, 0.717) is 5.56 Å². The predicted octanol–water partition coefficient (Wildman–Crippen LogP) is 2.84. The Bertz CT molecular complexity index is 313. The van der Waals surface area contributed by atoms with E-state index in [2.05, 4.69) is 6.26 Å². The molecule has 1 rings (SSSR count).